The fraction of sp³-hybridized carbons (Fsp3) is 0.750. The van der Waals surface area contributed by atoms with Gasteiger partial charge in [-0.25, -0.2) is 4.79 Å². The molecule has 3 unspecified atom stereocenters. The van der Waals surface area contributed by atoms with Crippen LogP contribution in [0.1, 0.15) is 32.6 Å². The minimum absolute atomic E-state index is 0.00690. The number of fused-ring (bicyclic) bond motifs is 2. The first-order valence-electron chi connectivity index (χ1n) is 5.92. The number of likely N-dealkylation sites (N-methyl/N-ethyl adjacent to an activating group) is 1. The summed E-state index contributed by atoms with van der Waals surface area (Å²) in [4.78, 5) is 13.5. The molecule has 0 spiro atoms. The van der Waals surface area contributed by atoms with Crippen LogP contribution < -0.4 is 0 Å². The molecule has 0 aromatic heterocycles. The summed E-state index contributed by atoms with van der Waals surface area (Å²) in [6, 6.07) is 0.428. The molecule has 2 N–H and O–H groups in total. The number of rotatable bonds is 3. The van der Waals surface area contributed by atoms with E-state index in [4.69, 9.17) is 0 Å². The van der Waals surface area contributed by atoms with Crippen molar-refractivity contribution in [2.45, 2.75) is 50.8 Å². The fourth-order valence-electron chi connectivity index (χ4n) is 3.03. The summed E-state index contributed by atoms with van der Waals surface area (Å²) < 4.78 is 0. The summed E-state index contributed by atoms with van der Waals surface area (Å²) in [5, 5.41) is 19.2. The van der Waals surface area contributed by atoms with Crippen molar-refractivity contribution in [3.05, 3.63) is 11.1 Å². The Labute approximate surface area is 95.6 Å². The van der Waals surface area contributed by atoms with Crippen LogP contribution in [0.3, 0.4) is 0 Å². The highest BCUT2D eigenvalue weighted by molar-refractivity contribution is 5.89. The van der Waals surface area contributed by atoms with Gasteiger partial charge in [0.2, 0.25) is 0 Å². The van der Waals surface area contributed by atoms with Crippen molar-refractivity contribution in [3.63, 3.8) is 0 Å². The van der Waals surface area contributed by atoms with Crippen molar-refractivity contribution >= 4 is 5.97 Å². The Morgan fingerprint density at radius 3 is 2.81 bits per heavy atom. The Balaban J connectivity index is 2.40. The number of aliphatic hydroxyl groups excluding tert-OH is 1. The van der Waals surface area contributed by atoms with Gasteiger partial charge in [0, 0.05) is 12.1 Å². The third-order valence-electron chi connectivity index (χ3n) is 3.99. The third kappa shape index (κ3) is 1.66. The Kier molecular flexibility index (Phi) is 3.04. The zero-order chi connectivity index (χ0) is 11.9. The second kappa shape index (κ2) is 4.18. The molecule has 4 nitrogen and oxygen atoms in total. The molecule has 1 fully saturated rings. The lowest BCUT2D eigenvalue weighted by atomic mass is 9.89. The van der Waals surface area contributed by atoms with Crippen LogP contribution in [0.5, 0.6) is 0 Å². The normalized spacial score (nSPS) is 31.9. The van der Waals surface area contributed by atoms with E-state index in [0.717, 1.165) is 18.4 Å². The predicted molar refractivity (Wildman–Crippen MR) is 60.1 cm³/mol. The van der Waals surface area contributed by atoms with Crippen LogP contribution in [0.2, 0.25) is 0 Å². The molecule has 2 aliphatic heterocycles. The predicted octanol–water partition coefficient (Wildman–Crippen LogP) is 1.00. The Morgan fingerprint density at radius 2 is 2.25 bits per heavy atom. The molecular formula is C12H19NO3. The monoisotopic (exact) mass is 225 g/mol. The zero-order valence-corrected chi connectivity index (χ0v) is 9.81. The van der Waals surface area contributed by atoms with Crippen LogP contribution >= 0.6 is 0 Å². The van der Waals surface area contributed by atoms with E-state index >= 15 is 0 Å². The molecular weight excluding hydrogens is 206 g/mol. The molecule has 2 bridgehead atoms. The van der Waals surface area contributed by atoms with Crippen LogP contribution in [0.25, 0.3) is 0 Å². The second-order valence-corrected chi connectivity index (χ2v) is 4.78. The summed E-state index contributed by atoms with van der Waals surface area (Å²) in [6.07, 6.45) is 2.67. The molecule has 0 amide bonds. The van der Waals surface area contributed by atoms with Gasteiger partial charge < -0.3 is 10.2 Å². The summed E-state index contributed by atoms with van der Waals surface area (Å²) in [5.74, 6) is -0.861. The van der Waals surface area contributed by atoms with Crippen molar-refractivity contribution in [2.75, 3.05) is 7.05 Å². The molecule has 2 aliphatic rings. The quantitative estimate of drug-likeness (QED) is 0.752. The minimum Gasteiger partial charge on any atom is -0.478 e. The topological polar surface area (TPSA) is 60.8 Å². The highest BCUT2D eigenvalue weighted by atomic mass is 16.4. The molecule has 4 heteroatoms. The molecule has 0 radical (unpaired) electrons. The largest absolute Gasteiger partial charge is 0.478 e. The van der Waals surface area contributed by atoms with E-state index in [2.05, 4.69) is 4.90 Å². The second-order valence-electron chi connectivity index (χ2n) is 4.78. The standard InChI is InChI=1S/C12H19NO3/c1-3-10(14)8-6-7-4-5-9(13(7)2)11(8)12(15)16/h7,9-10,14H,3-6H2,1-2H3,(H,15,16). The average molecular weight is 225 g/mol. The number of nitrogens with zero attached hydrogens (tertiary/aromatic N) is 1. The zero-order valence-electron chi connectivity index (χ0n) is 9.81. The van der Waals surface area contributed by atoms with E-state index in [-0.39, 0.29) is 6.04 Å². The van der Waals surface area contributed by atoms with Gasteiger partial charge in [-0.3, -0.25) is 4.90 Å². The third-order valence-corrected chi connectivity index (χ3v) is 3.99. The molecule has 1 saturated heterocycles. The maximum atomic E-state index is 11.3. The number of hydrogen-bond donors (Lipinski definition) is 2. The van der Waals surface area contributed by atoms with Gasteiger partial charge in [-0.15, -0.1) is 0 Å². The summed E-state index contributed by atoms with van der Waals surface area (Å²) in [6.45, 7) is 1.89. The first-order valence-corrected chi connectivity index (χ1v) is 5.92. The van der Waals surface area contributed by atoms with Gasteiger partial charge in [0.1, 0.15) is 0 Å². The van der Waals surface area contributed by atoms with E-state index in [9.17, 15) is 15.0 Å². The van der Waals surface area contributed by atoms with Crippen LogP contribution in [0.4, 0.5) is 0 Å². The molecule has 2 rings (SSSR count). The van der Waals surface area contributed by atoms with Crippen molar-refractivity contribution in [2.24, 2.45) is 0 Å². The van der Waals surface area contributed by atoms with E-state index in [1.54, 1.807) is 0 Å². The van der Waals surface area contributed by atoms with Crippen molar-refractivity contribution < 1.29 is 15.0 Å². The van der Waals surface area contributed by atoms with Gasteiger partial charge in [-0.2, -0.15) is 0 Å². The van der Waals surface area contributed by atoms with Crippen LogP contribution in [-0.4, -0.2) is 46.3 Å². The number of carboxylic acid groups (broad SMARTS) is 1. The van der Waals surface area contributed by atoms with Gasteiger partial charge in [0.05, 0.1) is 11.7 Å². The summed E-state index contributed by atoms with van der Waals surface area (Å²) in [5.41, 5.74) is 1.21. The molecule has 3 atom stereocenters. The molecule has 0 aromatic carbocycles. The number of carboxylic acids is 1. The maximum absolute atomic E-state index is 11.3. The van der Waals surface area contributed by atoms with Crippen LogP contribution in [0.15, 0.2) is 11.1 Å². The van der Waals surface area contributed by atoms with Crippen molar-refractivity contribution in [1.29, 1.82) is 0 Å². The fourth-order valence-corrected chi connectivity index (χ4v) is 3.03. The Morgan fingerprint density at radius 1 is 1.56 bits per heavy atom. The maximum Gasteiger partial charge on any atom is 0.333 e. The smallest absolute Gasteiger partial charge is 0.333 e. The summed E-state index contributed by atoms with van der Waals surface area (Å²) >= 11 is 0. The van der Waals surface area contributed by atoms with E-state index in [1.165, 1.54) is 0 Å². The first-order chi connectivity index (χ1) is 7.56. The molecule has 0 aromatic rings. The number of aliphatic hydroxyl groups is 1. The molecule has 0 aliphatic carbocycles. The highest BCUT2D eigenvalue weighted by Gasteiger charge is 2.42. The lowest BCUT2D eigenvalue weighted by Gasteiger charge is -2.35. The van der Waals surface area contributed by atoms with Crippen LogP contribution in [0, 0.1) is 0 Å². The highest BCUT2D eigenvalue weighted by Crippen LogP contribution is 2.39. The van der Waals surface area contributed by atoms with Gasteiger partial charge in [-0.1, -0.05) is 6.92 Å². The van der Waals surface area contributed by atoms with E-state index in [1.807, 2.05) is 14.0 Å². The van der Waals surface area contributed by atoms with Crippen molar-refractivity contribution in [3.8, 4) is 0 Å². The Hall–Kier alpha value is -0.870. The van der Waals surface area contributed by atoms with Gasteiger partial charge in [0.25, 0.3) is 0 Å². The number of carbonyl (C=O) groups is 1. The molecule has 90 valence electrons. The SMILES string of the molecule is CCC(O)C1=C(C(=O)O)C2CCC(C1)N2C. The average Bonchev–Trinajstić information content (AvgIpc) is 2.52. The van der Waals surface area contributed by atoms with Gasteiger partial charge in [-0.05, 0) is 38.3 Å². The van der Waals surface area contributed by atoms with Gasteiger partial charge >= 0.3 is 5.97 Å². The molecule has 0 saturated carbocycles. The molecule has 2 heterocycles. The van der Waals surface area contributed by atoms with Gasteiger partial charge in [0.15, 0.2) is 0 Å². The first kappa shape index (κ1) is 11.6. The number of hydrogen-bond acceptors (Lipinski definition) is 3. The Bertz CT molecular complexity index is 337. The minimum atomic E-state index is -0.861. The number of aliphatic carboxylic acids is 1. The van der Waals surface area contributed by atoms with Crippen molar-refractivity contribution in [1.82, 2.24) is 4.90 Å². The van der Waals surface area contributed by atoms with E-state index in [0.29, 0.717) is 24.5 Å². The molecule has 16 heavy (non-hydrogen) atoms. The lowest BCUT2D eigenvalue weighted by molar-refractivity contribution is -0.133. The van der Waals surface area contributed by atoms with E-state index < -0.39 is 12.1 Å². The summed E-state index contributed by atoms with van der Waals surface area (Å²) in [7, 11) is 1.99. The lowest BCUT2D eigenvalue weighted by Crippen LogP contribution is -2.42. The van der Waals surface area contributed by atoms with Crippen LogP contribution in [-0.2, 0) is 4.79 Å².